The molecule has 3 rings (SSSR count). The van der Waals surface area contributed by atoms with Crippen molar-refractivity contribution >= 4 is 27.5 Å². The van der Waals surface area contributed by atoms with E-state index < -0.39 is 0 Å². The Bertz CT molecular complexity index is 443. The van der Waals surface area contributed by atoms with Gasteiger partial charge in [0.1, 0.15) is 11.4 Å². The SMILES string of the molecule is Clc1cc(Br)cc2c1OC1(CCNCC1)CC2. The number of fused-ring (bicyclic) bond motifs is 1. The van der Waals surface area contributed by atoms with Gasteiger partial charge in [0.15, 0.2) is 0 Å². The number of halogens is 2. The van der Waals surface area contributed by atoms with Crippen LogP contribution >= 0.6 is 27.5 Å². The summed E-state index contributed by atoms with van der Waals surface area (Å²) in [5, 5.41) is 4.11. The zero-order valence-corrected chi connectivity index (χ0v) is 11.9. The molecule has 2 heterocycles. The maximum Gasteiger partial charge on any atom is 0.142 e. The first-order valence-electron chi connectivity index (χ1n) is 6.06. The molecule has 0 amide bonds. The molecule has 1 N–H and O–H groups in total. The van der Waals surface area contributed by atoms with Gasteiger partial charge in [-0.2, -0.15) is 0 Å². The number of aryl methyl sites for hydroxylation is 1. The Morgan fingerprint density at radius 1 is 1.24 bits per heavy atom. The number of rotatable bonds is 0. The van der Waals surface area contributed by atoms with Crippen LogP contribution in [0.15, 0.2) is 16.6 Å². The number of nitrogens with one attached hydrogen (secondary N) is 1. The summed E-state index contributed by atoms with van der Waals surface area (Å²) < 4.78 is 7.29. The fourth-order valence-corrected chi connectivity index (χ4v) is 3.69. The molecule has 0 aliphatic carbocycles. The lowest BCUT2D eigenvalue weighted by atomic mass is 9.84. The normalized spacial score (nSPS) is 22.0. The smallest absolute Gasteiger partial charge is 0.142 e. The van der Waals surface area contributed by atoms with Crippen molar-refractivity contribution in [2.45, 2.75) is 31.3 Å². The second-order valence-electron chi connectivity index (χ2n) is 4.91. The molecule has 1 saturated heterocycles. The molecular weight excluding hydrogens is 302 g/mol. The first-order chi connectivity index (χ1) is 8.19. The number of hydrogen-bond donors (Lipinski definition) is 1. The predicted molar refractivity (Wildman–Crippen MR) is 72.9 cm³/mol. The molecule has 0 bridgehead atoms. The summed E-state index contributed by atoms with van der Waals surface area (Å²) in [4.78, 5) is 0. The molecule has 2 aliphatic heterocycles. The Kier molecular flexibility index (Phi) is 3.09. The Balaban J connectivity index is 1.94. The Hall–Kier alpha value is -0.250. The van der Waals surface area contributed by atoms with E-state index in [1.54, 1.807) is 0 Å². The molecule has 2 aliphatic rings. The maximum atomic E-state index is 6.28. The average Bonchev–Trinajstić information content (AvgIpc) is 2.32. The van der Waals surface area contributed by atoms with E-state index in [1.165, 1.54) is 5.56 Å². The van der Waals surface area contributed by atoms with Crippen molar-refractivity contribution < 1.29 is 4.74 Å². The Morgan fingerprint density at radius 2 is 2.00 bits per heavy atom. The van der Waals surface area contributed by atoms with Gasteiger partial charge in [-0.3, -0.25) is 0 Å². The van der Waals surface area contributed by atoms with Gasteiger partial charge < -0.3 is 10.1 Å². The van der Waals surface area contributed by atoms with E-state index in [1.807, 2.05) is 6.07 Å². The van der Waals surface area contributed by atoms with Gasteiger partial charge in [-0.05, 0) is 56.5 Å². The summed E-state index contributed by atoms with van der Waals surface area (Å²) in [6, 6.07) is 4.04. The predicted octanol–water partition coefficient (Wildman–Crippen LogP) is 3.55. The molecule has 1 aromatic carbocycles. The van der Waals surface area contributed by atoms with Crippen LogP contribution < -0.4 is 10.1 Å². The second kappa shape index (κ2) is 4.45. The molecule has 0 saturated carbocycles. The van der Waals surface area contributed by atoms with Crippen LogP contribution in [0, 0.1) is 0 Å². The minimum Gasteiger partial charge on any atom is -0.485 e. The summed E-state index contributed by atoms with van der Waals surface area (Å²) in [6.45, 7) is 2.09. The first kappa shape index (κ1) is 11.8. The van der Waals surface area contributed by atoms with Crippen LogP contribution in [0.4, 0.5) is 0 Å². The minimum atomic E-state index is 0.0235. The van der Waals surface area contributed by atoms with E-state index in [0.29, 0.717) is 0 Å². The molecule has 1 aromatic rings. The van der Waals surface area contributed by atoms with Crippen molar-refractivity contribution in [1.29, 1.82) is 0 Å². The van der Waals surface area contributed by atoms with Crippen LogP contribution in [0.3, 0.4) is 0 Å². The quantitative estimate of drug-likeness (QED) is 0.790. The van der Waals surface area contributed by atoms with Gasteiger partial charge >= 0.3 is 0 Å². The number of piperidine rings is 1. The molecule has 0 aromatic heterocycles. The standard InChI is InChI=1S/C13H15BrClNO/c14-10-7-9-1-2-13(3-5-16-6-4-13)17-12(9)11(15)8-10/h7-8,16H,1-6H2. The van der Waals surface area contributed by atoms with Crippen molar-refractivity contribution in [3.8, 4) is 5.75 Å². The third kappa shape index (κ3) is 2.20. The molecule has 0 radical (unpaired) electrons. The lowest BCUT2D eigenvalue weighted by Crippen LogP contribution is -2.48. The Morgan fingerprint density at radius 3 is 2.76 bits per heavy atom. The largest absolute Gasteiger partial charge is 0.485 e. The third-order valence-electron chi connectivity index (χ3n) is 3.77. The fourth-order valence-electron chi connectivity index (χ4n) is 2.78. The van der Waals surface area contributed by atoms with Crippen LogP contribution in [-0.2, 0) is 6.42 Å². The van der Waals surface area contributed by atoms with E-state index in [-0.39, 0.29) is 5.60 Å². The van der Waals surface area contributed by atoms with E-state index in [2.05, 4.69) is 27.3 Å². The molecular formula is C13H15BrClNO. The van der Waals surface area contributed by atoms with Crippen LogP contribution in [0.2, 0.25) is 5.02 Å². The summed E-state index contributed by atoms with van der Waals surface area (Å²) in [5.74, 6) is 0.906. The van der Waals surface area contributed by atoms with E-state index in [4.69, 9.17) is 16.3 Å². The van der Waals surface area contributed by atoms with Gasteiger partial charge in [-0.1, -0.05) is 27.5 Å². The lowest BCUT2D eigenvalue weighted by molar-refractivity contribution is 0.0171. The number of hydrogen-bond acceptors (Lipinski definition) is 2. The van der Waals surface area contributed by atoms with E-state index in [0.717, 1.165) is 54.0 Å². The summed E-state index contributed by atoms with van der Waals surface area (Å²) in [5.41, 5.74) is 1.25. The highest BCUT2D eigenvalue weighted by atomic mass is 79.9. The highest BCUT2D eigenvalue weighted by molar-refractivity contribution is 9.10. The lowest BCUT2D eigenvalue weighted by Gasteiger charge is -2.42. The summed E-state index contributed by atoms with van der Waals surface area (Å²) in [7, 11) is 0. The minimum absolute atomic E-state index is 0.0235. The fraction of sp³-hybridized carbons (Fsp3) is 0.538. The van der Waals surface area contributed by atoms with Crippen molar-refractivity contribution in [1.82, 2.24) is 5.32 Å². The highest BCUT2D eigenvalue weighted by Gasteiger charge is 2.38. The van der Waals surface area contributed by atoms with Gasteiger partial charge in [0.25, 0.3) is 0 Å². The summed E-state index contributed by atoms with van der Waals surface area (Å²) in [6.07, 6.45) is 4.33. The first-order valence-corrected chi connectivity index (χ1v) is 7.23. The summed E-state index contributed by atoms with van der Waals surface area (Å²) >= 11 is 9.76. The Labute approximate surface area is 115 Å². The van der Waals surface area contributed by atoms with E-state index in [9.17, 15) is 0 Å². The molecule has 92 valence electrons. The van der Waals surface area contributed by atoms with Crippen LogP contribution in [0.1, 0.15) is 24.8 Å². The maximum absolute atomic E-state index is 6.28. The number of ether oxygens (including phenoxy) is 1. The molecule has 2 nitrogen and oxygen atoms in total. The molecule has 0 unspecified atom stereocenters. The third-order valence-corrected chi connectivity index (χ3v) is 4.51. The molecule has 0 atom stereocenters. The van der Waals surface area contributed by atoms with Gasteiger partial charge in [0.05, 0.1) is 5.02 Å². The average molecular weight is 317 g/mol. The van der Waals surface area contributed by atoms with Gasteiger partial charge in [0.2, 0.25) is 0 Å². The van der Waals surface area contributed by atoms with Gasteiger partial charge in [0, 0.05) is 4.47 Å². The molecule has 1 fully saturated rings. The van der Waals surface area contributed by atoms with Crippen molar-refractivity contribution in [2.75, 3.05) is 13.1 Å². The molecule has 17 heavy (non-hydrogen) atoms. The zero-order chi connectivity index (χ0) is 11.9. The van der Waals surface area contributed by atoms with Gasteiger partial charge in [-0.25, -0.2) is 0 Å². The van der Waals surface area contributed by atoms with Crippen molar-refractivity contribution in [3.63, 3.8) is 0 Å². The van der Waals surface area contributed by atoms with Crippen molar-refractivity contribution in [3.05, 3.63) is 27.2 Å². The molecule has 1 spiro atoms. The van der Waals surface area contributed by atoms with Crippen molar-refractivity contribution in [2.24, 2.45) is 0 Å². The highest BCUT2D eigenvalue weighted by Crippen LogP contribution is 2.43. The van der Waals surface area contributed by atoms with Crippen LogP contribution in [0.25, 0.3) is 0 Å². The zero-order valence-electron chi connectivity index (χ0n) is 9.56. The van der Waals surface area contributed by atoms with Crippen LogP contribution in [0.5, 0.6) is 5.75 Å². The monoisotopic (exact) mass is 315 g/mol. The van der Waals surface area contributed by atoms with Gasteiger partial charge in [-0.15, -0.1) is 0 Å². The number of benzene rings is 1. The van der Waals surface area contributed by atoms with Crippen LogP contribution in [-0.4, -0.2) is 18.7 Å². The topological polar surface area (TPSA) is 21.3 Å². The second-order valence-corrected chi connectivity index (χ2v) is 6.23. The molecule has 4 heteroatoms. The van der Waals surface area contributed by atoms with E-state index >= 15 is 0 Å².